The minimum absolute atomic E-state index is 0.133. The van der Waals surface area contributed by atoms with Crippen LogP contribution in [0.1, 0.15) is 29.9 Å². The Hall–Kier alpha value is -2.67. The third-order valence-corrected chi connectivity index (χ3v) is 3.93. The SMILES string of the molecule is CC(C)OC(=O)c1ccc(OCc2cc(=O)n3ccsc3n2)cc1. The average Bonchev–Trinajstić information content (AvgIpc) is 3.02. The van der Waals surface area contributed by atoms with Crippen LogP contribution >= 0.6 is 11.3 Å². The molecule has 24 heavy (non-hydrogen) atoms. The van der Waals surface area contributed by atoms with Crippen molar-refractivity contribution in [3.05, 3.63) is 63.5 Å². The molecule has 0 fully saturated rings. The van der Waals surface area contributed by atoms with Gasteiger partial charge in [-0.05, 0) is 38.1 Å². The Labute approximate surface area is 142 Å². The summed E-state index contributed by atoms with van der Waals surface area (Å²) in [6.45, 7) is 3.78. The number of esters is 1. The van der Waals surface area contributed by atoms with Crippen LogP contribution in [0.3, 0.4) is 0 Å². The molecule has 0 aliphatic heterocycles. The maximum Gasteiger partial charge on any atom is 0.338 e. The van der Waals surface area contributed by atoms with Crippen molar-refractivity contribution in [3.63, 3.8) is 0 Å². The van der Waals surface area contributed by atoms with Crippen LogP contribution in [0.25, 0.3) is 4.96 Å². The minimum Gasteiger partial charge on any atom is -0.487 e. The number of thiazole rings is 1. The summed E-state index contributed by atoms with van der Waals surface area (Å²) in [5.74, 6) is 0.221. The van der Waals surface area contributed by atoms with Crippen molar-refractivity contribution in [2.24, 2.45) is 0 Å². The highest BCUT2D eigenvalue weighted by Crippen LogP contribution is 2.15. The summed E-state index contributed by atoms with van der Waals surface area (Å²) in [5, 5.41) is 1.81. The van der Waals surface area contributed by atoms with Gasteiger partial charge in [-0.3, -0.25) is 9.20 Å². The van der Waals surface area contributed by atoms with Gasteiger partial charge < -0.3 is 9.47 Å². The molecule has 7 heteroatoms. The Balaban J connectivity index is 1.67. The number of carbonyl (C=O) groups is 1. The van der Waals surface area contributed by atoms with Gasteiger partial charge in [-0.15, -0.1) is 11.3 Å². The fourth-order valence-electron chi connectivity index (χ4n) is 2.09. The zero-order valence-electron chi connectivity index (χ0n) is 13.3. The molecule has 2 heterocycles. The second kappa shape index (κ2) is 6.84. The third-order valence-electron chi connectivity index (χ3n) is 3.18. The van der Waals surface area contributed by atoms with Gasteiger partial charge in [-0.2, -0.15) is 0 Å². The molecular weight excluding hydrogens is 328 g/mol. The molecule has 1 aromatic carbocycles. The Morgan fingerprint density at radius 1 is 1.29 bits per heavy atom. The van der Waals surface area contributed by atoms with E-state index in [4.69, 9.17) is 9.47 Å². The fraction of sp³-hybridized carbons (Fsp3) is 0.235. The van der Waals surface area contributed by atoms with Gasteiger partial charge in [0.2, 0.25) is 0 Å². The van der Waals surface area contributed by atoms with Crippen LogP contribution in [0.4, 0.5) is 0 Å². The molecule has 0 saturated carbocycles. The standard InChI is InChI=1S/C17H16N2O4S/c1-11(2)23-16(21)12-3-5-14(6-4-12)22-10-13-9-15(20)19-7-8-24-17(19)18-13/h3-9,11H,10H2,1-2H3. The van der Waals surface area contributed by atoms with Crippen molar-refractivity contribution in [2.75, 3.05) is 0 Å². The van der Waals surface area contributed by atoms with Crippen molar-refractivity contribution >= 4 is 22.3 Å². The normalized spacial score (nSPS) is 11.0. The predicted molar refractivity (Wildman–Crippen MR) is 90.7 cm³/mol. The number of rotatable bonds is 5. The van der Waals surface area contributed by atoms with E-state index in [1.807, 2.05) is 5.38 Å². The summed E-state index contributed by atoms with van der Waals surface area (Å²) in [6.07, 6.45) is 1.53. The maximum atomic E-state index is 11.9. The maximum absolute atomic E-state index is 11.9. The molecule has 0 atom stereocenters. The van der Waals surface area contributed by atoms with Gasteiger partial charge in [0, 0.05) is 17.6 Å². The fourth-order valence-corrected chi connectivity index (χ4v) is 2.83. The second-order valence-electron chi connectivity index (χ2n) is 5.41. The van der Waals surface area contributed by atoms with E-state index in [1.54, 1.807) is 44.3 Å². The average molecular weight is 344 g/mol. The van der Waals surface area contributed by atoms with Gasteiger partial charge in [0.1, 0.15) is 12.4 Å². The van der Waals surface area contributed by atoms with E-state index in [9.17, 15) is 9.59 Å². The van der Waals surface area contributed by atoms with E-state index in [0.717, 1.165) is 0 Å². The predicted octanol–water partition coefficient (Wildman–Crippen LogP) is 2.90. The molecule has 0 aliphatic carbocycles. The van der Waals surface area contributed by atoms with Crippen molar-refractivity contribution in [1.29, 1.82) is 0 Å². The van der Waals surface area contributed by atoms with E-state index in [1.165, 1.54) is 21.8 Å². The van der Waals surface area contributed by atoms with Gasteiger partial charge in [0.15, 0.2) is 4.96 Å². The zero-order chi connectivity index (χ0) is 17.1. The topological polar surface area (TPSA) is 69.9 Å². The van der Waals surface area contributed by atoms with E-state index in [0.29, 0.717) is 22.0 Å². The van der Waals surface area contributed by atoms with Gasteiger partial charge in [-0.25, -0.2) is 9.78 Å². The van der Waals surface area contributed by atoms with Crippen LogP contribution in [0, 0.1) is 0 Å². The molecule has 0 unspecified atom stereocenters. The lowest BCUT2D eigenvalue weighted by Gasteiger charge is -2.09. The van der Waals surface area contributed by atoms with Crippen LogP contribution in [0.15, 0.2) is 46.7 Å². The highest BCUT2D eigenvalue weighted by atomic mass is 32.1. The highest BCUT2D eigenvalue weighted by molar-refractivity contribution is 7.15. The molecular formula is C17H16N2O4S. The summed E-state index contributed by atoms with van der Waals surface area (Å²) >= 11 is 1.39. The number of aromatic nitrogens is 2. The number of fused-ring (bicyclic) bond motifs is 1. The number of carbonyl (C=O) groups excluding carboxylic acids is 1. The van der Waals surface area contributed by atoms with Crippen molar-refractivity contribution in [2.45, 2.75) is 26.6 Å². The first-order valence-corrected chi connectivity index (χ1v) is 8.30. The molecule has 0 radical (unpaired) electrons. The first-order chi connectivity index (χ1) is 11.5. The molecule has 0 spiro atoms. The molecule has 0 bridgehead atoms. The first kappa shape index (κ1) is 16.2. The Kier molecular flexibility index (Phi) is 4.61. The number of hydrogen-bond donors (Lipinski definition) is 0. The lowest BCUT2D eigenvalue weighted by molar-refractivity contribution is 0.0378. The Morgan fingerprint density at radius 2 is 2.04 bits per heavy atom. The van der Waals surface area contributed by atoms with Gasteiger partial charge in [-0.1, -0.05) is 0 Å². The highest BCUT2D eigenvalue weighted by Gasteiger charge is 2.09. The molecule has 3 aromatic rings. The summed E-state index contributed by atoms with van der Waals surface area (Å²) < 4.78 is 12.2. The van der Waals surface area contributed by atoms with E-state index in [-0.39, 0.29) is 24.2 Å². The van der Waals surface area contributed by atoms with E-state index >= 15 is 0 Å². The number of hydrogen-bond acceptors (Lipinski definition) is 6. The molecule has 3 rings (SSSR count). The zero-order valence-corrected chi connectivity index (χ0v) is 14.1. The quantitative estimate of drug-likeness (QED) is 0.666. The third kappa shape index (κ3) is 3.62. The van der Waals surface area contributed by atoms with Crippen LogP contribution in [-0.2, 0) is 11.3 Å². The van der Waals surface area contributed by atoms with Crippen molar-refractivity contribution in [1.82, 2.24) is 9.38 Å². The molecule has 6 nitrogen and oxygen atoms in total. The van der Waals surface area contributed by atoms with Crippen LogP contribution in [0.5, 0.6) is 5.75 Å². The number of nitrogens with zero attached hydrogens (tertiary/aromatic N) is 2. The van der Waals surface area contributed by atoms with Crippen LogP contribution in [0.2, 0.25) is 0 Å². The van der Waals surface area contributed by atoms with Gasteiger partial charge >= 0.3 is 5.97 Å². The molecule has 124 valence electrons. The Bertz CT molecular complexity index is 912. The summed E-state index contributed by atoms with van der Waals surface area (Å²) in [4.78, 5) is 28.7. The Morgan fingerprint density at radius 3 is 2.75 bits per heavy atom. The smallest absolute Gasteiger partial charge is 0.338 e. The lowest BCUT2D eigenvalue weighted by Crippen LogP contribution is -2.14. The molecule has 0 N–H and O–H groups in total. The molecule has 0 aliphatic rings. The molecule has 0 saturated heterocycles. The largest absolute Gasteiger partial charge is 0.487 e. The monoisotopic (exact) mass is 344 g/mol. The van der Waals surface area contributed by atoms with E-state index < -0.39 is 0 Å². The minimum atomic E-state index is -0.366. The molecule has 2 aromatic heterocycles. The van der Waals surface area contributed by atoms with Crippen molar-refractivity contribution in [3.8, 4) is 5.75 Å². The second-order valence-corrected chi connectivity index (χ2v) is 6.28. The van der Waals surface area contributed by atoms with Gasteiger partial charge in [0.25, 0.3) is 5.56 Å². The van der Waals surface area contributed by atoms with Crippen LogP contribution in [-0.4, -0.2) is 21.5 Å². The molecule has 0 amide bonds. The number of ether oxygens (including phenoxy) is 2. The first-order valence-electron chi connectivity index (χ1n) is 7.42. The summed E-state index contributed by atoms with van der Waals surface area (Å²) in [5.41, 5.74) is 0.893. The van der Waals surface area contributed by atoms with Gasteiger partial charge in [0.05, 0.1) is 17.4 Å². The van der Waals surface area contributed by atoms with Crippen molar-refractivity contribution < 1.29 is 14.3 Å². The van der Waals surface area contributed by atoms with Crippen LogP contribution < -0.4 is 10.3 Å². The summed E-state index contributed by atoms with van der Waals surface area (Å²) in [6, 6.07) is 8.12. The number of benzene rings is 1. The lowest BCUT2D eigenvalue weighted by atomic mass is 10.2. The summed E-state index contributed by atoms with van der Waals surface area (Å²) in [7, 11) is 0. The van der Waals surface area contributed by atoms with E-state index in [2.05, 4.69) is 4.98 Å².